The van der Waals surface area contributed by atoms with E-state index >= 15 is 0 Å². The van der Waals surface area contributed by atoms with Crippen LogP contribution in [0.5, 0.6) is 0 Å². The fourth-order valence-electron chi connectivity index (χ4n) is 1.51. The minimum Gasteiger partial charge on any atom is -0.466 e. The van der Waals surface area contributed by atoms with Gasteiger partial charge in [0, 0.05) is 6.42 Å². The molecule has 1 unspecified atom stereocenters. The van der Waals surface area contributed by atoms with Crippen molar-refractivity contribution in [1.29, 1.82) is 0 Å². The fraction of sp³-hybridized carbons (Fsp3) is 0.462. The first-order valence-corrected chi connectivity index (χ1v) is 5.62. The van der Waals surface area contributed by atoms with Crippen LogP contribution in [0.2, 0.25) is 0 Å². The molecule has 0 saturated carbocycles. The second-order valence-electron chi connectivity index (χ2n) is 3.62. The van der Waals surface area contributed by atoms with E-state index in [2.05, 4.69) is 0 Å². The van der Waals surface area contributed by atoms with Crippen LogP contribution in [0.15, 0.2) is 30.3 Å². The highest BCUT2D eigenvalue weighted by Gasteiger charge is 2.08. The van der Waals surface area contributed by atoms with Gasteiger partial charge in [-0.15, -0.1) is 0 Å². The fourth-order valence-corrected chi connectivity index (χ4v) is 1.51. The van der Waals surface area contributed by atoms with Crippen LogP contribution >= 0.6 is 0 Å². The number of carbonyl (C=O) groups excluding carboxylic acids is 1. The van der Waals surface area contributed by atoms with Gasteiger partial charge >= 0.3 is 5.97 Å². The molecule has 88 valence electrons. The van der Waals surface area contributed by atoms with Gasteiger partial charge in [-0.25, -0.2) is 0 Å². The molecule has 0 amide bonds. The van der Waals surface area contributed by atoms with Crippen molar-refractivity contribution in [2.75, 3.05) is 6.61 Å². The van der Waals surface area contributed by atoms with Gasteiger partial charge in [0.2, 0.25) is 0 Å². The number of rotatable bonds is 6. The van der Waals surface area contributed by atoms with Crippen LogP contribution < -0.4 is 0 Å². The predicted molar refractivity (Wildman–Crippen MR) is 61.9 cm³/mol. The van der Waals surface area contributed by atoms with E-state index < -0.39 is 6.10 Å². The Kier molecular flexibility index (Phi) is 5.57. The first-order chi connectivity index (χ1) is 7.74. The minimum absolute atomic E-state index is 0.192. The lowest BCUT2D eigenvalue weighted by molar-refractivity contribution is -0.143. The summed E-state index contributed by atoms with van der Waals surface area (Å²) in [4.78, 5) is 11.1. The molecule has 1 N–H and O–H groups in total. The van der Waals surface area contributed by atoms with Gasteiger partial charge in [-0.1, -0.05) is 30.3 Å². The summed E-state index contributed by atoms with van der Waals surface area (Å²) in [5.74, 6) is -0.192. The largest absolute Gasteiger partial charge is 0.466 e. The van der Waals surface area contributed by atoms with Crippen molar-refractivity contribution in [3.8, 4) is 0 Å². The highest BCUT2D eigenvalue weighted by Crippen LogP contribution is 2.18. The van der Waals surface area contributed by atoms with Crippen molar-refractivity contribution in [3.05, 3.63) is 35.9 Å². The maximum absolute atomic E-state index is 11.1. The average molecular weight is 222 g/mol. The summed E-state index contributed by atoms with van der Waals surface area (Å²) in [5.41, 5.74) is 0.895. The Hall–Kier alpha value is -1.35. The lowest BCUT2D eigenvalue weighted by Gasteiger charge is -2.10. The van der Waals surface area contributed by atoms with Crippen molar-refractivity contribution in [1.82, 2.24) is 0 Å². The topological polar surface area (TPSA) is 46.5 Å². The molecule has 0 aliphatic rings. The van der Waals surface area contributed by atoms with Crippen LogP contribution in [0.1, 0.15) is 37.9 Å². The molecule has 0 radical (unpaired) electrons. The molecule has 0 aromatic heterocycles. The molecule has 1 aromatic carbocycles. The third-order valence-corrected chi connectivity index (χ3v) is 2.35. The number of hydrogen-bond acceptors (Lipinski definition) is 3. The van der Waals surface area contributed by atoms with Crippen molar-refractivity contribution in [3.63, 3.8) is 0 Å². The Bertz CT molecular complexity index is 308. The standard InChI is InChI=1S/C13H18O3/c1-2-16-13(15)10-6-9-12(14)11-7-4-3-5-8-11/h3-5,7-8,12,14H,2,6,9-10H2,1H3. The number of benzene rings is 1. The SMILES string of the molecule is CCOC(=O)CCCC(O)c1ccccc1. The molecule has 3 heteroatoms. The van der Waals surface area contributed by atoms with E-state index in [9.17, 15) is 9.90 Å². The first kappa shape index (κ1) is 12.7. The van der Waals surface area contributed by atoms with Gasteiger partial charge in [-0.3, -0.25) is 4.79 Å². The van der Waals surface area contributed by atoms with Crippen molar-refractivity contribution in [2.24, 2.45) is 0 Å². The zero-order valence-corrected chi connectivity index (χ0v) is 9.56. The molecule has 0 aliphatic carbocycles. The van der Waals surface area contributed by atoms with Crippen LogP contribution in [-0.2, 0) is 9.53 Å². The minimum atomic E-state index is -0.490. The summed E-state index contributed by atoms with van der Waals surface area (Å²) in [5, 5.41) is 9.81. The van der Waals surface area contributed by atoms with Crippen LogP contribution in [-0.4, -0.2) is 17.7 Å². The molecule has 0 aliphatic heterocycles. The molecular weight excluding hydrogens is 204 g/mol. The molecule has 0 bridgehead atoms. The van der Waals surface area contributed by atoms with Crippen molar-refractivity contribution >= 4 is 5.97 Å². The van der Waals surface area contributed by atoms with E-state index in [1.807, 2.05) is 30.3 Å². The number of esters is 1. The first-order valence-electron chi connectivity index (χ1n) is 5.62. The molecule has 0 heterocycles. The normalized spacial score (nSPS) is 12.1. The summed E-state index contributed by atoms with van der Waals surface area (Å²) in [7, 11) is 0. The Morgan fingerprint density at radius 2 is 2.06 bits per heavy atom. The highest BCUT2D eigenvalue weighted by atomic mass is 16.5. The molecule has 0 spiro atoms. The lowest BCUT2D eigenvalue weighted by Crippen LogP contribution is -2.05. The number of carbonyl (C=O) groups is 1. The second-order valence-corrected chi connectivity index (χ2v) is 3.62. The molecular formula is C13H18O3. The van der Waals surface area contributed by atoms with Gasteiger partial charge in [0.05, 0.1) is 12.7 Å². The van der Waals surface area contributed by atoms with Gasteiger partial charge in [0.1, 0.15) is 0 Å². The quantitative estimate of drug-likeness (QED) is 0.752. The van der Waals surface area contributed by atoms with Crippen LogP contribution in [0, 0.1) is 0 Å². The number of ether oxygens (including phenoxy) is 1. The van der Waals surface area contributed by atoms with E-state index in [-0.39, 0.29) is 5.97 Å². The summed E-state index contributed by atoms with van der Waals surface area (Å²) in [6.07, 6.45) is 1.12. The monoisotopic (exact) mass is 222 g/mol. The van der Waals surface area contributed by atoms with E-state index in [0.717, 1.165) is 5.56 Å². The third kappa shape index (κ3) is 4.45. The van der Waals surface area contributed by atoms with Gasteiger partial charge in [-0.2, -0.15) is 0 Å². The van der Waals surface area contributed by atoms with Gasteiger partial charge in [0.25, 0.3) is 0 Å². The molecule has 0 saturated heterocycles. The summed E-state index contributed by atoms with van der Waals surface area (Å²) in [6.45, 7) is 2.21. The second kappa shape index (κ2) is 7.01. The number of hydrogen-bond donors (Lipinski definition) is 1. The zero-order valence-electron chi connectivity index (χ0n) is 9.56. The van der Waals surface area contributed by atoms with Gasteiger partial charge in [-0.05, 0) is 25.3 Å². The lowest BCUT2D eigenvalue weighted by atomic mass is 10.0. The zero-order chi connectivity index (χ0) is 11.8. The van der Waals surface area contributed by atoms with Crippen LogP contribution in [0.4, 0.5) is 0 Å². The Labute approximate surface area is 96.1 Å². The molecule has 1 rings (SSSR count). The Morgan fingerprint density at radius 3 is 2.69 bits per heavy atom. The van der Waals surface area contributed by atoms with E-state index in [1.54, 1.807) is 6.92 Å². The van der Waals surface area contributed by atoms with Crippen LogP contribution in [0.3, 0.4) is 0 Å². The summed E-state index contributed by atoms with van der Waals surface area (Å²) in [6, 6.07) is 9.46. The summed E-state index contributed by atoms with van der Waals surface area (Å²) >= 11 is 0. The van der Waals surface area contributed by atoms with Gasteiger partial charge < -0.3 is 9.84 Å². The van der Waals surface area contributed by atoms with Gasteiger partial charge in [0.15, 0.2) is 0 Å². The molecule has 1 aromatic rings. The smallest absolute Gasteiger partial charge is 0.305 e. The predicted octanol–water partition coefficient (Wildman–Crippen LogP) is 2.45. The maximum Gasteiger partial charge on any atom is 0.305 e. The molecule has 1 atom stereocenters. The highest BCUT2D eigenvalue weighted by molar-refractivity contribution is 5.69. The average Bonchev–Trinajstić information content (AvgIpc) is 2.30. The maximum atomic E-state index is 11.1. The molecule has 3 nitrogen and oxygen atoms in total. The van der Waals surface area contributed by atoms with Crippen LogP contribution in [0.25, 0.3) is 0 Å². The van der Waals surface area contributed by atoms with Crippen molar-refractivity contribution < 1.29 is 14.6 Å². The Balaban J connectivity index is 2.26. The molecule has 0 fully saturated rings. The number of aliphatic hydroxyl groups is 1. The molecule has 16 heavy (non-hydrogen) atoms. The van der Waals surface area contributed by atoms with Crippen molar-refractivity contribution in [2.45, 2.75) is 32.3 Å². The number of aliphatic hydroxyl groups excluding tert-OH is 1. The Morgan fingerprint density at radius 1 is 1.38 bits per heavy atom. The van der Waals surface area contributed by atoms with E-state index in [0.29, 0.717) is 25.9 Å². The third-order valence-electron chi connectivity index (χ3n) is 2.35. The summed E-state index contributed by atoms with van der Waals surface area (Å²) < 4.78 is 4.81. The van der Waals surface area contributed by atoms with E-state index in [1.165, 1.54) is 0 Å². The van der Waals surface area contributed by atoms with E-state index in [4.69, 9.17) is 4.74 Å².